The van der Waals surface area contributed by atoms with Crippen molar-refractivity contribution < 1.29 is 9.59 Å². The molecule has 0 aliphatic rings. The van der Waals surface area contributed by atoms with Gasteiger partial charge in [0.2, 0.25) is 0 Å². The largest absolute Gasteiger partial charge is 0.298 e. The second kappa shape index (κ2) is 7.48. The van der Waals surface area contributed by atoms with Crippen LogP contribution < -0.4 is 16.2 Å². The normalized spacial score (nSPS) is 9.76. The van der Waals surface area contributed by atoms with Crippen molar-refractivity contribution in [2.45, 2.75) is 0 Å². The summed E-state index contributed by atoms with van der Waals surface area (Å²) in [5.74, 6) is -0.648. The van der Waals surface area contributed by atoms with Gasteiger partial charge in [0.25, 0.3) is 11.8 Å². The topological polar surface area (TPSA) is 70.2 Å². The molecule has 0 atom stereocenters. The lowest BCUT2D eigenvalue weighted by Crippen LogP contribution is -2.48. The van der Waals surface area contributed by atoms with Gasteiger partial charge in [-0.2, -0.15) is 0 Å². The van der Waals surface area contributed by atoms with Gasteiger partial charge in [0, 0.05) is 9.13 Å². The Balaban J connectivity index is 1.83. The van der Waals surface area contributed by atoms with Crippen LogP contribution in [-0.4, -0.2) is 16.9 Å². The summed E-state index contributed by atoms with van der Waals surface area (Å²) in [6.45, 7) is 0. The second-order valence-electron chi connectivity index (χ2n) is 3.85. The molecule has 0 saturated carbocycles. The van der Waals surface area contributed by atoms with Crippen molar-refractivity contribution in [3.05, 3.63) is 55.8 Å². The Morgan fingerprint density at radius 1 is 1.05 bits per heavy atom. The molecule has 1 aromatic heterocycles. The SMILES string of the molecule is O=C(NC(=S)NNC(=O)c1cccs1)c1ccc(I)cc1. The number of nitrogens with one attached hydrogen (secondary N) is 3. The highest BCUT2D eigenvalue weighted by Gasteiger charge is 2.09. The van der Waals surface area contributed by atoms with Crippen LogP contribution >= 0.6 is 46.1 Å². The molecule has 0 fully saturated rings. The maximum absolute atomic E-state index is 11.9. The van der Waals surface area contributed by atoms with E-state index in [1.807, 2.05) is 12.1 Å². The molecule has 0 aliphatic heterocycles. The molecule has 1 aromatic carbocycles. The summed E-state index contributed by atoms with van der Waals surface area (Å²) in [6.07, 6.45) is 0. The molecule has 0 unspecified atom stereocenters. The van der Waals surface area contributed by atoms with E-state index in [9.17, 15) is 9.59 Å². The number of thiophene rings is 1. The van der Waals surface area contributed by atoms with Gasteiger partial charge in [0.15, 0.2) is 5.11 Å². The number of amides is 2. The van der Waals surface area contributed by atoms with Crippen LogP contribution in [0.5, 0.6) is 0 Å². The van der Waals surface area contributed by atoms with Crippen LogP contribution in [0.3, 0.4) is 0 Å². The standard InChI is InChI=1S/C13H10IN3O2S2/c14-9-5-3-8(4-6-9)11(18)15-13(20)17-16-12(19)10-2-1-7-21-10/h1-7H,(H,16,19)(H2,15,17,18,20). The van der Waals surface area contributed by atoms with E-state index in [4.69, 9.17) is 12.2 Å². The quantitative estimate of drug-likeness (QED) is 0.388. The number of carbonyl (C=O) groups is 2. The molecular weight excluding hydrogens is 421 g/mol. The van der Waals surface area contributed by atoms with Crippen molar-refractivity contribution in [2.24, 2.45) is 0 Å². The molecule has 1 heterocycles. The third kappa shape index (κ3) is 4.76. The zero-order valence-electron chi connectivity index (χ0n) is 10.6. The van der Waals surface area contributed by atoms with Crippen LogP contribution in [0, 0.1) is 3.57 Å². The van der Waals surface area contributed by atoms with E-state index in [-0.39, 0.29) is 16.9 Å². The smallest absolute Gasteiger partial charge is 0.279 e. The van der Waals surface area contributed by atoms with Crippen molar-refractivity contribution in [3.63, 3.8) is 0 Å². The first-order valence-corrected chi connectivity index (χ1v) is 8.13. The third-order valence-corrected chi connectivity index (χ3v) is 4.16. The summed E-state index contributed by atoms with van der Waals surface area (Å²) in [6, 6.07) is 10.5. The van der Waals surface area contributed by atoms with Crippen molar-refractivity contribution in [1.29, 1.82) is 0 Å². The first-order chi connectivity index (χ1) is 10.1. The molecule has 2 amide bonds. The number of thiocarbonyl (C=S) groups is 1. The summed E-state index contributed by atoms with van der Waals surface area (Å²) < 4.78 is 1.04. The maximum Gasteiger partial charge on any atom is 0.279 e. The minimum atomic E-state index is -0.339. The van der Waals surface area contributed by atoms with Crippen molar-refractivity contribution in [2.75, 3.05) is 0 Å². The number of hydrogen-bond donors (Lipinski definition) is 3. The zero-order valence-corrected chi connectivity index (χ0v) is 14.3. The molecule has 0 bridgehead atoms. The van der Waals surface area contributed by atoms with Gasteiger partial charge in [-0.05, 0) is 70.5 Å². The van der Waals surface area contributed by atoms with E-state index < -0.39 is 0 Å². The molecule has 0 aliphatic carbocycles. The fourth-order valence-electron chi connectivity index (χ4n) is 1.39. The molecule has 2 rings (SSSR count). The van der Waals surface area contributed by atoms with Crippen LogP contribution in [0.2, 0.25) is 0 Å². The van der Waals surface area contributed by atoms with Crippen LogP contribution in [0.25, 0.3) is 0 Å². The first kappa shape index (κ1) is 15.9. The van der Waals surface area contributed by atoms with Gasteiger partial charge in [-0.25, -0.2) is 0 Å². The third-order valence-electron chi connectivity index (χ3n) is 2.37. The van der Waals surface area contributed by atoms with Gasteiger partial charge in [0.05, 0.1) is 4.88 Å². The molecule has 21 heavy (non-hydrogen) atoms. The summed E-state index contributed by atoms with van der Waals surface area (Å²) in [4.78, 5) is 24.1. The highest BCUT2D eigenvalue weighted by atomic mass is 127. The van der Waals surface area contributed by atoms with E-state index in [1.54, 1.807) is 29.6 Å². The Morgan fingerprint density at radius 3 is 2.38 bits per heavy atom. The summed E-state index contributed by atoms with van der Waals surface area (Å²) >= 11 is 8.41. The molecular formula is C13H10IN3O2S2. The van der Waals surface area contributed by atoms with Crippen LogP contribution in [-0.2, 0) is 0 Å². The van der Waals surface area contributed by atoms with E-state index in [0.29, 0.717) is 10.4 Å². The van der Waals surface area contributed by atoms with E-state index in [2.05, 4.69) is 38.8 Å². The lowest BCUT2D eigenvalue weighted by Gasteiger charge is -2.10. The van der Waals surface area contributed by atoms with Crippen molar-refractivity contribution >= 4 is 63.1 Å². The molecule has 3 N–H and O–H groups in total. The fourth-order valence-corrected chi connectivity index (χ4v) is 2.51. The van der Waals surface area contributed by atoms with Gasteiger partial charge in [-0.3, -0.25) is 25.8 Å². The molecule has 8 heteroatoms. The second-order valence-corrected chi connectivity index (χ2v) is 6.45. The van der Waals surface area contributed by atoms with Crippen LogP contribution in [0.1, 0.15) is 20.0 Å². The number of hydrazine groups is 1. The summed E-state index contributed by atoms with van der Waals surface area (Å²) in [7, 11) is 0. The molecule has 2 aromatic rings. The highest BCUT2D eigenvalue weighted by Crippen LogP contribution is 2.07. The van der Waals surface area contributed by atoms with Gasteiger partial charge in [-0.15, -0.1) is 11.3 Å². The molecule has 0 spiro atoms. The van der Waals surface area contributed by atoms with Gasteiger partial charge < -0.3 is 0 Å². The lowest BCUT2D eigenvalue weighted by molar-refractivity contribution is 0.0938. The lowest BCUT2D eigenvalue weighted by atomic mass is 10.2. The minimum absolute atomic E-state index is 0.0310. The summed E-state index contributed by atoms with van der Waals surface area (Å²) in [5, 5.41) is 4.31. The van der Waals surface area contributed by atoms with Gasteiger partial charge >= 0.3 is 0 Å². The number of halogens is 1. The molecule has 0 radical (unpaired) electrons. The number of carbonyl (C=O) groups excluding carboxylic acids is 2. The number of benzene rings is 1. The minimum Gasteiger partial charge on any atom is -0.298 e. The molecule has 5 nitrogen and oxygen atoms in total. The fraction of sp³-hybridized carbons (Fsp3) is 0. The Kier molecular flexibility index (Phi) is 5.65. The Bertz CT molecular complexity index is 657. The van der Waals surface area contributed by atoms with Crippen LogP contribution in [0.4, 0.5) is 0 Å². The maximum atomic E-state index is 11.9. The average molecular weight is 431 g/mol. The molecule has 108 valence electrons. The monoisotopic (exact) mass is 431 g/mol. The Hall–Kier alpha value is -1.52. The predicted octanol–water partition coefficient (Wildman–Crippen LogP) is 2.30. The van der Waals surface area contributed by atoms with Crippen molar-refractivity contribution in [1.82, 2.24) is 16.2 Å². The average Bonchev–Trinajstić information content (AvgIpc) is 2.99. The van der Waals surface area contributed by atoms with Gasteiger partial charge in [-0.1, -0.05) is 6.07 Å². The predicted molar refractivity (Wildman–Crippen MR) is 94.1 cm³/mol. The molecule has 0 saturated heterocycles. The van der Waals surface area contributed by atoms with E-state index in [0.717, 1.165) is 3.57 Å². The summed E-state index contributed by atoms with van der Waals surface area (Å²) in [5.41, 5.74) is 5.39. The van der Waals surface area contributed by atoms with E-state index in [1.165, 1.54) is 11.3 Å². The van der Waals surface area contributed by atoms with Crippen molar-refractivity contribution in [3.8, 4) is 0 Å². The van der Waals surface area contributed by atoms with Gasteiger partial charge in [0.1, 0.15) is 0 Å². The first-order valence-electron chi connectivity index (χ1n) is 5.77. The Labute approximate surface area is 144 Å². The zero-order chi connectivity index (χ0) is 15.2. The van der Waals surface area contributed by atoms with Crippen LogP contribution in [0.15, 0.2) is 41.8 Å². The Morgan fingerprint density at radius 2 is 1.76 bits per heavy atom. The number of hydrogen-bond acceptors (Lipinski definition) is 4. The van der Waals surface area contributed by atoms with E-state index >= 15 is 0 Å². The highest BCUT2D eigenvalue weighted by molar-refractivity contribution is 14.1. The number of rotatable bonds is 2.